The lowest BCUT2D eigenvalue weighted by molar-refractivity contribution is -0.122. The zero-order chi connectivity index (χ0) is 14.6. The zero-order valence-corrected chi connectivity index (χ0v) is 12.9. The molecule has 0 bridgehead atoms. The van der Waals surface area contributed by atoms with Gasteiger partial charge in [0, 0.05) is 5.69 Å². The van der Waals surface area contributed by atoms with Crippen LogP contribution in [-0.2, 0) is 4.79 Å². The van der Waals surface area contributed by atoms with Crippen molar-refractivity contribution >= 4 is 28.8 Å². The summed E-state index contributed by atoms with van der Waals surface area (Å²) in [5.74, 6) is -0.112. The van der Waals surface area contributed by atoms with Gasteiger partial charge < -0.3 is 11.1 Å². The molecule has 0 radical (unpaired) electrons. The normalized spacial score (nSPS) is 11.2. The molecule has 4 heteroatoms. The Morgan fingerprint density at radius 2 is 1.89 bits per heavy atom. The lowest BCUT2D eigenvalue weighted by Gasteiger charge is -2.29. The number of carbonyl (C=O) groups is 1. The molecular formula is C15H22N2OS. The largest absolute Gasteiger partial charge is 0.392 e. The summed E-state index contributed by atoms with van der Waals surface area (Å²) in [5.41, 5.74) is 8.07. The number of carbonyl (C=O) groups excluding carboxylic acids is 1. The highest BCUT2D eigenvalue weighted by Gasteiger charge is 2.38. The number of nitrogens with one attached hydrogen (secondary N) is 1. The van der Waals surface area contributed by atoms with E-state index in [1.54, 1.807) is 0 Å². The zero-order valence-electron chi connectivity index (χ0n) is 12.0. The van der Waals surface area contributed by atoms with Crippen LogP contribution in [0.4, 0.5) is 5.69 Å². The fraction of sp³-hybridized carbons (Fsp3) is 0.467. The second-order valence-corrected chi connectivity index (χ2v) is 5.29. The topological polar surface area (TPSA) is 55.1 Å². The first kappa shape index (κ1) is 15.6. The van der Waals surface area contributed by atoms with Crippen LogP contribution < -0.4 is 11.1 Å². The summed E-state index contributed by atoms with van der Waals surface area (Å²) < 4.78 is 0. The summed E-state index contributed by atoms with van der Waals surface area (Å²) in [7, 11) is 0. The minimum atomic E-state index is -0.758. The van der Waals surface area contributed by atoms with E-state index < -0.39 is 5.41 Å². The average Bonchev–Trinajstić information content (AvgIpc) is 2.36. The highest BCUT2D eigenvalue weighted by molar-refractivity contribution is 7.80. The molecule has 19 heavy (non-hydrogen) atoms. The van der Waals surface area contributed by atoms with Crippen molar-refractivity contribution in [3.63, 3.8) is 0 Å². The van der Waals surface area contributed by atoms with E-state index in [0.29, 0.717) is 12.8 Å². The Balaban J connectivity index is 3.07. The molecule has 0 spiro atoms. The van der Waals surface area contributed by atoms with E-state index in [4.69, 9.17) is 18.0 Å². The molecule has 1 amide bonds. The van der Waals surface area contributed by atoms with Crippen molar-refractivity contribution in [3.8, 4) is 0 Å². The number of amides is 1. The third kappa shape index (κ3) is 2.95. The number of thiocarbonyl (C=S) groups is 1. The van der Waals surface area contributed by atoms with Crippen molar-refractivity contribution in [1.82, 2.24) is 0 Å². The first-order chi connectivity index (χ1) is 8.89. The van der Waals surface area contributed by atoms with Crippen molar-refractivity contribution in [2.75, 3.05) is 5.32 Å². The molecule has 0 aromatic heterocycles. The van der Waals surface area contributed by atoms with E-state index in [-0.39, 0.29) is 10.9 Å². The van der Waals surface area contributed by atoms with E-state index in [0.717, 1.165) is 16.8 Å². The van der Waals surface area contributed by atoms with E-state index in [1.165, 1.54) is 0 Å². The first-order valence-electron chi connectivity index (χ1n) is 6.56. The molecule has 0 aliphatic rings. The van der Waals surface area contributed by atoms with Gasteiger partial charge in [0.15, 0.2) is 0 Å². The summed E-state index contributed by atoms with van der Waals surface area (Å²) in [5, 5.41) is 2.97. The first-order valence-corrected chi connectivity index (χ1v) is 6.97. The molecule has 0 heterocycles. The Kier molecular flexibility index (Phi) is 5.06. The van der Waals surface area contributed by atoms with Gasteiger partial charge in [0.05, 0.1) is 10.4 Å². The minimum Gasteiger partial charge on any atom is -0.392 e. The SMILES string of the molecule is CCC(CC)(C(=O)Nc1cccc(C)c1C)C(N)=S. The number of aryl methyl sites for hydroxylation is 1. The van der Waals surface area contributed by atoms with Crippen molar-refractivity contribution in [2.24, 2.45) is 11.1 Å². The van der Waals surface area contributed by atoms with Gasteiger partial charge in [-0.1, -0.05) is 38.2 Å². The van der Waals surface area contributed by atoms with Gasteiger partial charge in [-0.2, -0.15) is 0 Å². The maximum absolute atomic E-state index is 12.5. The van der Waals surface area contributed by atoms with Crippen molar-refractivity contribution in [1.29, 1.82) is 0 Å². The van der Waals surface area contributed by atoms with Crippen LogP contribution in [0.1, 0.15) is 37.8 Å². The fourth-order valence-corrected chi connectivity index (χ4v) is 2.54. The molecule has 1 aromatic carbocycles. The van der Waals surface area contributed by atoms with E-state index in [2.05, 4.69) is 5.32 Å². The van der Waals surface area contributed by atoms with Gasteiger partial charge >= 0.3 is 0 Å². The van der Waals surface area contributed by atoms with Gasteiger partial charge in [-0.05, 0) is 43.9 Å². The number of hydrogen-bond donors (Lipinski definition) is 2. The van der Waals surface area contributed by atoms with Crippen LogP contribution in [-0.4, -0.2) is 10.9 Å². The van der Waals surface area contributed by atoms with Gasteiger partial charge in [-0.25, -0.2) is 0 Å². The standard InChI is InChI=1S/C15H22N2OS/c1-5-15(6-2,13(16)19)14(18)17-12-9-7-8-10(3)11(12)4/h7-9H,5-6H2,1-4H3,(H2,16,19)(H,17,18). The molecule has 0 saturated carbocycles. The second-order valence-electron chi connectivity index (χ2n) is 4.86. The molecular weight excluding hydrogens is 256 g/mol. The molecule has 1 rings (SSSR count). The summed E-state index contributed by atoms with van der Waals surface area (Å²) >= 11 is 5.10. The van der Waals surface area contributed by atoms with Crippen LogP contribution in [0.25, 0.3) is 0 Å². The number of hydrogen-bond acceptors (Lipinski definition) is 2. The summed E-state index contributed by atoms with van der Waals surface area (Å²) in [6, 6.07) is 5.85. The Hall–Kier alpha value is -1.42. The van der Waals surface area contributed by atoms with Crippen LogP contribution in [0.2, 0.25) is 0 Å². The molecule has 0 unspecified atom stereocenters. The third-order valence-corrected chi connectivity index (χ3v) is 4.36. The van der Waals surface area contributed by atoms with Crippen LogP contribution in [0.15, 0.2) is 18.2 Å². The summed E-state index contributed by atoms with van der Waals surface area (Å²) in [6.45, 7) is 7.88. The lowest BCUT2D eigenvalue weighted by atomic mass is 9.81. The quantitative estimate of drug-likeness (QED) is 0.812. The van der Waals surface area contributed by atoms with Gasteiger partial charge in [-0.3, -0.25) is 4.79 Å². The van der Waals surface area contributed by atoms with E-state index in [1.807, 2.05) is 45.9 Å². The van der Waals surface area contributed by atoms with Crippen LogP contribution >= 0.6 is 12.2 Å². The molecule has 0 atom stereocenters. The van der Waals surface area contributed by atoms with Crippen LogP contribution in [0.5, 0.6) is 0 Å². The van der Waals surface area contributed by atoms with Crippen molar-refractivity contribution in [3.05, 3.63) is 29.3 Å². The minimum absolute atomic E-state index is 0.112. The Morgan fingerprint density at radius 1 is 1.32 bits per heavy atom. The molecule has 0 aliphatic carbocycles. The van der Waals surface area contributed by atoms with E-state index >= 15 is 0 Å². The van der Waals surface area contributed by atoms with Gasteiger partial charge in [-0.15, -0.1) is 0 Å². The maximum atomic E-state index is 12.5. The summed E-state index contributed by atoms with van der Waals surface area (Å²) in [4.78, 5) is 12.8. The Labute approximate surface area is 120 Å². The lowest BCUT2D eigenvalue weighted by Crippen LogP contribution is -2.45. The average molecular weight is 278 g/mol. The number of benzene rings is 1. The Bertz CT molecular complexity index is 493. The predicted molar refractivity (Wildman–Crippen MR) is 84.3 cm³/mol. The smallest absolute Gasteiger partial charge is 0.237 e. The van der Waals surface area contributed by atoms with Gasteiger partial charge in [0.2, 0.25) is 5.91 Å². The fourth-order valence-electron chi connectivity index (χ4n) is 2.16. The number of nitrogens with two attached hydrogens (primary N) is 1. The van der Waals surface area contributed by atoms with Crippen molar-refractivity contribution in [2.45, 2.75) is 40.5 Å². The molecule has 1 aromatic rings. The monoisotopic (exact) mass is 278 g/mol. The Morgan fingerprint density at radius 3 is 2.37 bits per heavy atom. The number of rotatable bonds is 5. The van der Waals surface area contributed by atoms with E-state index in [9.17, 15) is 4.79 Å². The van der Waals surface area contributed by atoms with Gasteiger partial charge in [0.1, 0.15) is 0 Å². The highest BCUT2D eigenvalue weighted by Crippen LogP contribution is 2.30. The van der Waals surface area contributed by atoms with Crippen LogP contribution in [0.3, 0.4) is 0 Å². The summed E-state index contributed by atoms with van der Waals surface area (Å²) in [6.07, 6.45) is 1.21. The third-order valence-electron chi connectivity index (χ3n) is 3.97. The molecule has 104 valence electrons. The molecule has 0 saturated heterocycles. The predicted octanol–water partition coefficient (Wildman–Crippen LogP) is 3.33. The molecule has 0 aliphatic heterocycles. The van der Waals surface area contributed by atoms with Crippen LogP contribution in [0, 0.1) is 19.3 Å². The number of anilines is 1. The second kappa shape index (κ2) is 6.15. The molecule has 3 nitrogen and oxygen atoms in total. The molecule has 3 N–H and O–H groups in total. The molecule has 0 fully saturated rings. The van der Waals surface area contributed by atoms with Gasteiger partial charge in [0.25, 0.3) is 0 Å². The highest BCUT2D eigenvalue weighted by atomic mass is 32.1. The van der Waals surface area contributed by atoms with Crippen molar-refractivity contribution < 1.29 is 4.79 Å². The maximum Gasteiger partial charge on any atom is 0.237 e.